The van der Waals surface area contributed by atoms with Crippen molar-refractivity contribution >= 4 is 29.7 Å². The monoisotopic (exact) mass is 337 g/mol. The van der Waals surface area contributed by atoms with Gasteiger partial charge in [0.1, 0.15) is 16.9 Å². The first-order valence-electron chi connectivity index (χ1n) is 7.43. The predicted octanol–water partition coefficient (Wildman–Crippen LogP) is 2.14. The Morgan fingerprint density at radius 3 is 3.04 bits per heavy atom. The van der Waals surface area contributed by atoms with Crippen LogP contribution < -0.4 is 0 Å². The SMILES string of the molecule is O=C(O)C1=CSC2C(=Cc3cn4c(n3)-c3ccccc3C4)C(=O)N12. The quantitative estimate of drug-likeness (QED) is 0.573. The molecule has 1 unspecified atom stereocenters. The zero-order valence-corrected chi connectivity index (χ0v) is 13.2. The number of β-lactam (4-membered cyclic amide) rings is 1. The molecule has 5 rings (SSSR count). The standard InChI is InChI=1S/C17H11N3O3S/c21-15-12(16-20(15)13(8-24-16)17(22)23)5-10-7-19-6-9-3-1-2-4-11(9)14(19)18-10/h1-5,7-8,16H,6H2,(H,22,23). The van der Waals surface area contributed by atoms with Crippen LogP contribution >= 0.6 is 11.8 Å². The van der Waals surface area contributed by atoms with Gasteiger partial charge in [-0.15, -0.1) is 11.8 Å². The van der Waals surface area contributed by atoms with Crippen molar-refractivity contribution in [3.63, 3.8) is 0 Å². The summed E-state index contributed by atoms with van der Waals surface area (Å²) in [5.41, 5.74) is 3.73. The summed E-state index contributed by atoms with van der Waals surface area (Å²) in [6, 6.07) is 8.14. The van der Waals surface area contributed by atoms with Gasteiger partial charge in [0.25, 0.3) is 5.91 Å². The molecule has 24 heavy (non-hydrogen) atoms. The summed E-state index contributed by atoms with van der Waals surface area (Å²) in [6.07, 6.45) is 3.70. The molecule has 0 aliphatic carbocycles. The number of fused-ring (bicyclic) bond motifs is 4. The van der Waals surface area contributed by atoms with Gasteiger partial charge < -0.3 is 9.67 Å². The van der Waals surface area contributed by atoms with Crippen molar-refractivity contribution in [3.8, 4) is 11.4 Å². The Labute approximate surface area is 141 Å². The molecule has 1 N–H and O–H groups in total. The topological polar surface area (TPSA) is 75.4 Å². The Hall–Kier alpha value is -2.80. The second-order valence-electron chi connectivity index (χ2n) is 5.85. The zero-order chi connectivity index (χ0) is 16.4. The van der Waals surface area contributed by atoms with Crippen molar-refractivity contribution in [2.75, 3.05) is 0 Å². The van der Waals surface area contributed by atoms with Gasteiger partial charge in [0.2, 0.25) is 0 Å². The minimum Gasteiger partial charge on any atom is -0.477 e. The molecule has 118 valence electrons. The average Bonchev–Trinajstić information content (AvgIpc) is 3.22. The lowest BCUT2D eigenvalue weighted by Crippen LogP contribution is -2.51. The second kappa shape index (κ2) is 4.61. The summed E-state index contributed by atoms with van der Waals surface area (Å²) < 4.78 is 2.07. The fourth-order valence-electron chi connectivity index (χ4n) is 3.33. The number of carbonyl (C=O) groups is 2. The Balaban J connectivity index is 1.46. The molecule has 3 aliphatic heterocycles. The van der Waals surface area contributed by atoms with E-state index in [9.17, 15) is 9.59 Å². The predicted molar refractivity (Wildman–Crippen MR) is 88.7 cm³/mol. The zero-order valence-electron chi connectivity index (χ0n) is 12.3. The molecule has 1 saturated heterocycles. The number of carboxylic acid groups (broad SMARTS) is 1. The Morgan fingerprint density at radius 2 is 2.21 bits per heavy atom. The molecular weight excluding hydrogens is 326 g/mol. The third-order valence-corrected chi connectivity index (χ3v) is 5.53. The highest BCUT2D eigenvalue weighted by Crippen LogP contribution is 2.45. The van der Waals surface area contributed by atoms with Gasteiger partial charge in [-0.05, 0) is 11.6 Å². The van der Waals surface area contributed by atoms with Crippen LogP contribution in [0.15, 0.2) is 47.1 Å². The highest BCUT2D eigenvalue weighted by Gasteiger charge is 2.49. The number of hydrogen-bond donors (Lipinski definition) is 1. The number of aliphatic carboxylic acids is 1. The van der Waals surface area contributed by atoms with E-state index < -0.39 is 5.97 Å². The molecule has 4 heterocycles. The smallest absolute Gasteiger partial charge is 0.353 e. The molecule has 0 saturated carbocycles. The minimum absolute atomic E-state index is 0.0495. The van der Waals surface area contributed by atoms with Crippen molar-refractivity contribution in [3.05, 3.63) is 58.4 Å². The fourth-order valence-corrected chi connectivity index (χ4v) is 4.45. The van der Waals surface area contributed by atoms with Crippen LogP contribution in [-0.4, -0.2) is 36.8 Å². The summed E-state index contributed by atoms with van der Waals surface area (Å²) in [6.45, 7) is 0.782. The van der Waals surface area contributed by atoms with Crippen LogP contribution in [0.25, 0.3) is 17.5 Å². The molecule has 0 radical (unpaired) electrons. The maximum absolute atomic E-state index is 12.2. The molecule has 2 aromatic rings. The number of imidazole rings is 1. The number of amides is 1. The highest BCUT2D eigenvalue weighted by atomic mass is 32.2. The van der Waals surface area contributed by atoms with E-state index in [1.807, 2.05) is 24.4 Å². The van der Waals surface area contributed by atoms with E-state index in [-0.39, 0.29) is 17.0 Å². The number of hydrogen-bond acceptors (Lipinski definition) is 4. The highest BCUT2D eigenvalue weighted by molar-refractivity contribution is 8.03. The van der Waals surface area contributed by atoms with E-state index in [0.717, 1.165) is 23.6 Å². The third-order valence-electron chi connectivity index (χ3n) is 4.45. The van der Waals surface area contributed by atoms with E-state index in [1.54, 1.807) is 6.08 Å². The Kier molecular flexibility index (Phi) is 2.62. The molecule has 1 amide bonds. The second-order valence-corrected chi connectivity index (χ2v) is 6.80. The normalized spacial score (nSPS) is 22.1. The van der Waals surface area contributed by atoms with Crippen molar-refractivity contribution < 1.29 is 14.7 Å². The van der Waals surface area contributed by atoms with Crippen molar-refractivity contribution in [1.82, 2.24) is 14.5 Å². The number of carboxylic acids is 1. The maximum atomic E-state index is 12.2. The third kappa shape index (κ3) is 1.70. The summed E-state index contributed by atoms with van der Waals surface area (Å²) >= 11 is 1.34. The number of thioether (sulfide) groups is 1. The van der Waals surface area contributed by atoms with E-state index in [0.29, 0.717) is 5.57 Å². The van der Waals surface area contributed by atoms with Crippen LogP contribution in [0.1, 0.15) is 11.3 Å². The molecule has 1 aromatic heterocycles. The number of carbonyl (C=O) groups excluding carboxylic acids is 1. The number of benzene rings is 1. The first kappa shape index (κ1) is 13.6. The van der Waals surface area contributed by atoms with Crippen LogP contribution in [0.3, 0.4) is 0 Å². The maximum Gasteiger partial charge on any atom is 0.353 e. The van der Waals surface area contributed by atoms with Gasteiger partial charge in [0.15, 0.2) is 0 Å². The lowest BCUT2D eigenvalue weighted by atomic mass is 10.0. The van der Waals surface area contributed by atoms with E-state index >= 15 is 0 Å². The Morgan fingerprint density at radius 1 is 1.38 bits per heavy atom. The van der Waals surface area contributed by atoms with Gasteiger partial charge in [0.05, 0.1) is 11.3 Å². The minimum atomic E-state index is -1.07. The molecule has 1 aromatic carbocycles. The first-order chi connectivity index (χ1) is 11.6. The van der Waals surface area contributed by atoms with Gasteiger partial charge in [-0.1, -0.05) is 24.3 Å². The van der Waals surface area contributed by atoms with Crippen LogP contribution in [0.2, 0.25) is 0 Å². The van der Waals surface area contributed by atoms with Gasteiger partial charge in [-0.3, -0.25) is 9.69 Å². The molecule has 0 bridgehead atoms. The molecular formula is C17H11N3O3S. The lowest BCUT2D eigenvalue weighted by Gasteiger charge is -2.36. The molecule has 1 atom stereocenters. The number of nitrogens with zero attached hydrogens (tertiary/aromatic N) is 3. The number of rotatable bonds is 2. The summed E-state index contributed by atoms with van der Waals surface area (Å²) in [5.74, 6) is -0.424. The molecule has 7 heteroatoms. The van der Waals surface area contributed by atoms with Gasteiger partial charge in [0, 0.05) is 23.7 Å². The fraction of sp³-hybridized carbons (Fsp3) is 0.118. The summed E-state index contributed by atoms with van der Waals surface area (Å²) in [4.78, 5) is 29.3. The van der Waals surface area contributed by atoms with E-state index in [4.69, 9.17) is 5.11 Å². The molecule has 0 spiro atoms. The van der Waals surface area contributed by atoms with Gasteiger partial charge in [-0.2, -0.15) is 0 Å². The van der Waals surface area contributed by atoms with Crippen LogP contribution in [0, 0.1) is 0 Å². The molecule has 1 fully saturated rings. The van der Waals surface area contributed by atoms with Crippen molar-refractivity contribution in [2.24, 2.45) is 0 Å². The van der Waals surface area contributed by atoms with Crippen LogP contribution in [-0.2, 0) is 16.1 Å². The van der Waals surface area contributed by atoms with E-state index in [1.165, 1.54) is 27.6 Å². The molecule has 3 aliphatic rings. The average molecular weight is 337 g/mol. The van der Waals surface area contributed by atoms with Crippen LogP contribution in [0.4, 0.5) is 0 Å². The van der Waals surface area contributed by atoms with Gasteiger partial charge >= 0.3 is 5.97 Å². The van der Waals surface area contributed by atoms with Crippen molar-refractivity contribution in [2.45, 2.75) is 11.9 Å². The first-order valence-corrected chi connectivity index (χ1v) is 8.37. The molecule has 6 nitrogen and oxygen atoms in total. The van der Waals surface area contributed by atoms with Gasteiger partial charge in [-0.25, -0.2) is 9.78 Å². The van der Waals surface area contributed by atoms with Crippen LogP contribution in [0.5, 0.6) is 0 Å². The summed E-state index contributed by atoms with van der Waals surface area (Å²) in [7, 11) is 0. The Bertz CT molecular complexity index is 989. The summed E-state index contributed by atoms with van der Waals surface area (Å²) in [5, 5.41) is 10.4. The van der Waals surface area contributed by atoms with Crippen molar-refractivity contribution in [1.29, 1.82) is 0 Å². The van der Waals surface area contributed by atoms with E-state index in [2.05, 4.69) is 15.6 Å². The lowest BCUT2D eigenvalue weighted by molar-refractivity contribution is -0.141. The number of aromatic nitrogens is 2. The largest absolute Gasteiger partial charge is 0.477 e.